The Bertz CT molecular complexity index is 3580. The lowest BCUT2D eigenvalue weighted by atomic mass is 9.95. The monoisotopic (exact) mass is 928 g/mol. The van der Waals surface area contributed by atoms with Crippen LogP contribution in [0.2, 0.25) is 0 Å². The van der Waals surface area contributed by atoms with Crippen LogP contribution in [0.5, 0.6) is 11.5 Å². The van der Waals surface area contributed by atoms with Gasteiger partial charge in [-0.25, -0.2) is 0 Å². The van der Waals surface area contributed by atoms with Gasteiger partial charge in [0.2, 0.25) is 0 Å². The van der Waals surface area contributed by atoms with Crippen LogP contribution in [0.25, 0.3) is 32.5 Å². The van der Waals surface area contributed by atoms with E-state index in [4.69, 9.17) is 18.5 Å². The van der Waals surface area contributed by atoms with E-state index in [9.17, 15) is 55.5 Å². The molecule has 19 nitrogen and oxygen atoms in total. The predicted molar refractivity (Wildman–Crippen MR) is 228 cm³/mol. The van der Waals surface area contributed by atoms with Crippen molar-refractivity contribution in [1.82, 2.24) is 0 Å². The van der Waals surface area contributed by atoms with E-state index in [1.807, 2.05) is 0 Å². The molecule has 3 aliphatic carbocycles. The SMILES string of the molecule is [N-]=[N+]=C1C=C(S(=O)(=O)Oc2ccc(C(=O)c3ccccc3)c(OS(=O)(=O)C3=CC(=[N+]=[N-])C(=O)c4ccccc43)c2)c2ccccc2C1=O.[N-]=[N+]=C1C=Cc2c(cccc2S(=O)(=O)O)C1=O. The summed E-state index contributed by atoms with van der Waals surface area (Å²) in [7, 11) is -14.1. The number of hydrogen-bond donors (Lipinski definition) is 1. The Hall–Kier alpha value is -8.45. The van der Waals surface area contributed by atoms with Crippen LogP contribution in [0.4, 0.5) is 0 Å². The molecule has 3 aliphatic rings. The second-order valence-electron chi connectivity index (χ2n) is 13.5. The van der Waals surface area contributed by atoms with Crippen LogP contribution in [-0.4, -0.2) is 84.4 Å². The summed E-state index contributed by atoms with van der Waals surface area (Å²) in [5.74, 6) is -3.90. The molecule has 0 aromatic heterocycles. The van der Waals surface area contributed by atoms with Crippen LogP contribution in [0.15, 0.2) is 138 Å². The van der Waals surface area contributed by atoms with E-state index >= 15 is 0 Å². The van der Waals surface area contributed by atoms with Crippen molar-refractivity contribution >= 4 is 86.5 Å². The van der Waals surface area contributed by atoms with E-state index in [0.717, 1.165) is 30.4 Å². The van der Waals surface area contributed by atoms with Crippen LogP contribution in [0.1, 0.15) is 63.7 Å². The maximum Gasteiger partial charge on any atom is 0.364 e. The summed E-state index contributed by atoms with van der Waals surface area (Å²) in [5, 5.41) is 0. The lowest BCUT2D eigenvalue weighted by Gasteiger charge is -2.18. The summed E-state index contributed by atoms with van der Waals surface area (Å²) < 4.78 is 96.7. The molecule has 0 radical (unpaired) electrons. The molecule has 0 heterocycles. The molecule has 8 rings (SSSR count). The lowest BCUT2D eigenvalue weighted by molar-refractivity contribution is -0.00460. The number of rotatable bonds is 9. The van der Waals surface area contributed by atoms with Crippen LogP contribution < -0.4 is 8.37 Å². The van der Waals surface area contributed by atoms with Gasteiger partial charge in [-0.1, -0.05) is 91.0 Å². The fraction of sp³-hybridized carbons (Fsp3) is 0. The van der Waals surface area contributed by atoms with Gasteiger partial charge < -0.3 is 25.0 Å². The fourth-order valence-corrected chi connectivity index (χ4v) is 9.67. The molecule has 0 unspecified atom stereocenters. The van der Waals surface area contributed by atoms with E-state index in [0.29, 0.717) is 0 Å². The van der Waals surface area contributed by atoms with Crippen LogP contribution in [-0.2, 0) is 30.4 Å². The molecule has 0 amide bonds. The van der Waals surface area contributed by atoms with Crippen molar-refractivity contribution in [2.24, 2.45) is 0 Å². The standard InChI is InChI=1S/C33H18N4O9S2.C10H6N2O4S/c34-36-26-17-29(21-10-4-6-12-23(21)32(26)39)47(41,42)45-20-14-15-25(31(38)19-8-2-1-3-9-19)28(16-20)46-48(43,44)30-18-27(37-35)33(40)24-13-7-5-11-22(24)30;11-12-8-5-4-6-7(10(8)13)2-1-3-9(6)17(14,15)16/h1-18H;1-5H,(H,14,15,16). The minimum atomic E-state index is -4.92. The molecule has 0 aliphatic heterocycles. The van der Waals surface area contributed by atoms with Gasteiger partial charge in [0.15, 0.2) is 11.5 Å². The number of fused-ring (bicyclic) bond motifs is 3. The Kier molecular flexibility index (Phi) is 11.9. The van der Waals surface area contributed by atoms with Gasteiger partial charge in [0.05, 0.1) is 17.7 Å². The third-order valence-corrected chi connectivity index (χ3v) is 13.1. The average molecular weight is 929 g/mol. The third kappa shape index (κ3) is 8.67. The highest BCUT2D eigenvalue weighted by Crippen LogP contribution is 2.37. The van der Waals surface area contributed by atoms with Crippen LogP contribution in [0, 0.1) is 0 Å². The predicted octanol–water partition coefficient (Wildman–Crippen LogP) is 4.96. The number of hydrogen-bond acceptors (Lipinski definition) is 12. The summed E-state index contributed by atoms with van der Waals surface area (Å²) >= 11 is 0. The second-order valence-corrected chi connectivity index (χ2v) is 17.9. The normalized spacial score (nSPS) is 14.2. The number of carbonyl (C=O) groups excluding carboxylic acids is 4. The average Bonchev–Trinajstić information content (AvgIpc) is 3.29. The molecule has 1 N–H and O–H groups in total. The van der Waals surface area contributed by atoms with Gasteiger partial charge in [0.25, 0.3) is 27.5 Å². The van der Waals surface area contributed by atoms with Gasteiger partial charge >= 0.3 is 37.4 Å². The summed E-state index contributed by atoms with van der Waals surface area (Å²) in [5.41, 5.74) is 25.7. The van der Waals surface area contributed by atoms with Crippen molar-refractivity contribution in [3.8, 4) is 11.5 Å². The van der Waals surface area contributed by atoms with Crippen molar-refractivity contribution in [3.05, 3.63) is 195 Å². The largest absolute Gasteiger partial charge is 0.379 e. The summed E-state index contributed by atoms with van der Waals surface area (Å²) in [6.07, 6.45) is 4.11. The number of allylic oxidation sites excluding steroid dienone is 3. The van der Waals surface area contributed by atoms with Crippen molar-refractivity contribution in [1.29, 1.82) is 0 Å². The molecule has 0 fully saturated rings. The topological polar surface area (TPSA) is 319 Å². The molecule has 0 saturated heterocycles. The first kappa shape index (κ1) is 44.6. The second kappa shape index (κ2) is 17.4. The zero-order chi connectivity index (χ0) is 46.8. The molecular weight excluding hydrogens is 905 g/mol. The Morgan fingerprint density at radius 2 is 1.00 bits per heavy atom. The molecule has 22 heteroatoms. The molecule has 65 heavy (non-hydrogen) atoms. The first-order chi connectivity index (χ1) is 30.9. The van der Waals surface area contributed by atoms with Crippen LogP contribution >= 0.6 is 0 Å². The zero-order valence-corrected chi connectivity index (χ0v) is 35.0. The highest BCUT2D eigenvalue weighted by Gasteiger charge is 2.39. The van der Waals surface area contributed by atoms with Crippen molar-refractivity contribution < 1.29 is 71.7 Å². The molecule has 0 atom stereocenters. The molecule has 0 bridgehead atoms. The Balaban J connectivity index is 0.000000310. The quantitative estimate of drug-likeness (QED) is 0.0672. The van der Waals surface area contributed by atoms with Gasteiger partial charge in [0.1, 0.15) is 20.5 Å². The number of benzene rings is 5. The van der Waals surface area contributed by atoms with E-state index in [1.54, 1.807) is 18.2 Å². The third-order valence-electron chi connectivity index (χ3n) is 9.61. The van der Waals surface area contributed by atoms with Crippen molar-refractivity contribution in [2.75, 3.05) is 0 Å². The Morgan fingerprint density at radius 3 is 1.52 bits per heavy atom. The number of carbonyl (C=O) groups is 4. The molecule has 5 aromatic rings. The summed E-state index contributed by atoms with van der Waals surface area (Å²) in [4.78, 5) is 57.6. The summed E-state index contributed by atoms with van der Waals surface area (Å²) in [6.45, 7) is 0. The summed E-state index contributed by atoms with van der Waals surface area (Å²) in [6, 6.07) is 26.0. The maximum absolute atomic E-state index is 13.8. The minimum Gasteiger partial charge on any atom is -0.379 e. The van der Waals surface area contributed by atoms with E-state index in [1.165, 1.54) is 91.0 Å². The number of Topliss-reactive ketones (excluding diaryl/α,β-unsaturated/α-hetero) is 3. The van der Waals surface area contributed by atoms with Gasteiger partial charge in [-0.15, -0.1) is 0 Å². The van der Waals surface area contributed by atoms with E-state index in [2.05, 4.69) is 14.4 Å². The molecule has 0 saturated carbocycles. The molecule has 0 spiro atoms. The van der Waals surface area contributed by atoms with Gasteiger partial charge in [-0.2, -0.15) is 39.6 Å². The Labute approximate surface area is 367 Å². The van der Waals surface area contributed by atoms with E-state index in [-0.39, 0.29) is 55.1 Å². The van der Waals surface area contributed by atoms with Gasteiger partial charge in [0, 0.05) is 51.1 Å². The van der Waals surface area contributed by atoms with Gasteiger partial charge in [-0.3, -0.25) is 23.7 Å². The number of ketones is 4. The number of nitrogens with zero attached hydrogens (tertiary/aromatic N) is 6. The van der Waals surface area contributed by atoms with Crippen LogP contribution in [0.3, 0.4) is 0 Å². The fourth-order valence-electron chi connectivity index (χ4n) is 6.65. The maximum atomic E-state index is 13.8. The van der Waals surface area contributed by atoms with Crippen molar-refractivity contribution in [3.63, 3.8) is 0 Å². The van der Waals surface area contributed by atoms with E-state index < -0.39 is 86.2 Å². The zero-order valence-electron chi connectivity index (χ0n) is 32.5. The smallest absolute Gasteiger partial charge is 0.364 e. The van der Waals surface area contributed by atoms with Crippen molar-refractivity contribution in [2.45, 2.75) is 4.90 Å². The minimum absolute atomic E-state index is 0.0383. The molecule has 322 valence electrons. The molecular formula is C43H24N6O13S3. The molecule has 5 aromatic carbocycles. The first-order valence-electron chi connectivity index (χ1n) is 18.2. The lowest BCUT2D eigenvalue weighted by Crippen LogP contribution is -2.25. The highest BCUT2D eigenvalue weighted by atomic mass is 32.2. The highest BCUT2D eigenvalue weighted by molar-refractivity contribution is 7.97. The van der Waals surface area contributed by atoms with Gasteiger partial charge in [-0.05, 0) is 24.3 Å². The Morgan fingerprint density at radius 1 is 0.523 bits per heavy atom. The first-order valence-corrected chi connectivity index (χ1v) is 22.5.